The summed E-state index contributed by atoms with van der Waals surface area (Å²) in [6.45, 7) is 5.12. The minimum Gasteiger partial charge on any atom is -0.373 e. The normalized spacial score (nSPS) is 28.6. The summed E-state index contributed by atoms with van der Waals surface area (Å²) in [6, 6.07) is 0.0968. The Balaban J connectivity index is 2.39. The van der Waals surface area contributed by atoms with Crippen LogP contribution in [0, 0.1) is 5.92 Å². The Kier molecular flexibility index (Phi) is 5.20. The van der Waals surface area contributed by atoms with Crippen molar-refractivity contribution in [2.75, 3.05) is 13.7 Å². The summed E-state index contributed by atoms with van der Waals surface area (Å²) < 4.78 is 8.92. The minimum absolute atomic E-state index is 0.0968. The highest BCUT2D eigenvalue weighted by atomic mass is 79.9. The average Bonchev–Trinajstić information content (AvgIpc) is 2.72. The molecule has 1 aromatic rings. The Bertz CT molecular complexity index is 427. The van der Waals surface area contributed by atoms with Crippen LogP contribution in [0.4, 0.5) is 0 Å². The topological polar surface area (TPSA) is 52.0 Å². The molecule has 0 aliphatic heterocycles. The average molecular weight is 345 g/mol. The van der Waals surface area contributed by atoms with Crippen LogP contribution in [0.1, 0.15) is 51.3 Å². The predicted molar refractivity (Wildman–Crippen MR) is 82.5 cm³/mol. The van der Waals surface area contributed by atoms with Gasteiger partial charge in [0.15, 0.2) is 4.60 Å². The predicted octanol–water partition coefficient (Wildman–Crippen LogP) is 2.82. The van der Waals surface area contributed by atoms with Gasteiger partial charge in [-0.1, -0.05) is 25.0 Å². The highest BCUT2D eigenvalue weighted by Gasteiger charge is 2.45. The molecule has 0 bridgehead atoms. The van der Waals surface area contributed by atoms with E-state index in [2.05, 4.69) is 45.4 Å². The van der Waals surface area contributed by atoms with Crippen LogP contribution >= 0.6 is 15.9 Å². The number of aromatic nitrogens is 3. The van der Waals surface area contributed by atoms with E-state index in [0.717, 1.165) is 29.7 Å². The van der Waals surface area contributed by atoms with E-state index in [0.29, 0.717) is 5.92 Å². The van der Waals surface area contributed by atoms with Gasteiger partial charge >= 0.3 is 0 Å². The van der Waals surface area contributed by atoms with Crippen molar-refractivity contribution in [2.24, 2.45) is 13.0 Å². The molecule has 0 spiro atoms. The Morgan fingerprint density at radius 2 is 2.35 bits per heavy atom. The van der Waals surface area contributed by atoms with Crippen molar-refractivity contribution in [2.45, 2.75) is 51.2 Å². The van der Waals surface area contributed by atoms with Gasteiger partial charge in [-0.2, -0.15) is 0 Å². The summed E-state index contributed by atoms with van der Waals surface area (Å²) in [5, 5.41) is 11.7. The van der Waals surface area contributed by atoms with Gasteiger partial charge in [0, 0.05) is 13.7 Å². The molecule has 2 rings (SSSR count). The molecule has 1 fully saturated rings. The third-order valence-corrected chi connectivity index (χ3v) is 4.90. The first kappa shape index (κ1) is 15.9. The van der Waals surface area contributed by atoms with Gasteiger partial charge in [0.05, 0.1) is 17.3 Å². The van der Waals surface area contributed by atoms with Crippen LogP contribution in [0.15, 0.2) is 4.60 Å². The highest BCUT2D eigenvalue weighted by molar-refractivity contribution is 9.10. The molecule has 1 heterocycles. The fourth-order valence-electron chi connectivity index (χ4n) is 3.60. The molecular weight excluding hydrogens is 320 g/mol. The zero-order valence-electron chi connectivity index (χ0n) is 12.8. The van der Waals surface area contributed by atoms with Crippen molar-refractivity contribution in [3.05, 3.63) is 10.3 Å². The minimum atomic E-state index is -0.167. The number of nitrogens with zero attached hydrogens (tertiary/aromatic N) is 3. The molecule has 1 aliphatic rings. The standard InChI is InChI=1S/C14H25BrN4O/c1-5-20-14(8-6-7-10(2)9-14)12(16-3)11-13(15)17-18-19(11)4/h10,12,16H,5-9H2,1-4H3. The Labute approximate surface area is 129 Å². The van der Waals surface area contributed by atoms with Crippen molar-refractivity contribution in [1.29, 1.82) is 0 Å². The first-order chi connectivity index (χ1) is 9.54. The summed E-state index contributed by atoms with van der Waals surface area (Å²) in [6.07, 6.45) is 4.65. The van der Waals surface area contributed by atoms with E-state index < -0.39 is 0 Å². The van der Waals surface area contributed by atoms with Crippen molar-refractivity contribution < 1.29 is 4.74 Å². The number of halogens is 1. The SMILES string of the molecule is CCOC1(C(NC)c2c(Br)nnn2C)CCCC(C)C1. The quantitative estimate of drug-likeness (QED) is 0.892. The third-order valence-electron chi connectivity index (χ3n) is 4.34. The number of aryl methyl sites for hydroxylation is 1. The van der Waals surface area contributed by atoms with E-state index in [9.17, 15) is 0 Å². The van der Waals surface area contributed by atoms with Crippen molar-refractivity contribution in [1.82, 2.24) is 20.3 Å². The maximum Gasteiger partial charge on any atom is 0.153 e. The molecule has 114 valence electrons. The number of rotatable bonds is 5. The second-order valence-corrected chi connectivity index (χ2v) is 6.56. The largest absolute Gasteiger partial charge is 0.373 e. The van der Waals surface area contributed by atoms with E-state index >= 15 is 0 Å². The van der Waals surface area contributed by atoms with Crippen molar-refractivity contribution in [3.8, 4) is 0 Å². The van der Waals surface area contributed by atoms with Gasteiger partial charge in [-0.25, -0.2) is 4.68 Å². The molecule has 0 amide bonds. The lowest BCUT2D eigenvalue weighted by Crippen LogP contribution is -2.49. The molecule has 3 atom stereocenters. The zero-order chi connectivity index (χ0) is 14.8. The number of hydrogen-bond donors (Lipinski definition) is 1. The fraction of sp³-hybridized carbons (Fsp3) is 0.857. The summed E-state index contributed by atoms with van der Waals surface area (Å²) in [5.74, 6) is 0.686. The third kappa shape index (κ3) is 2.92. The lowest BCUT2D eigenvalue weighted by molar-refractivity contribution is -0.102. The van der Waals surface area contributed by atoms with Crippen LogP contribution in [0.25, 0.3) is 0 Å². The number of hydrogen-bond acceptors (Lipinski definition) is 4. The van der Waals surface area contributed by atoms with E-state index in [1.807, 2.05) is 18.8 Å². The molecule has 3 unspecified atom stereocenters. The Hall–Kier alpha value is -0.460. The maximum absolute atomic E-state index is 6.28. The summed E-state index contributed by atoms with van der Waals surface area (Å²) in [5.41, 5.74) is 0.897. The lowest BCUT2D eigenvalue weighted by Gasteiger charge is -2.45. The van der Waals surface area contributed by atoms with Crippen LogP contribution in [-0.2, 0) is 11.8 Å². The molecule has 1 saturated carbocycles. The van der Waals surface area contributed by atoms with E-state index in [1.54, 1.807) is 0 Å². The van der Waals surface area contributed by atoms with Gasteiger partial charge in [0.1, 0.15) is 0 Å². The van der Waals surface area contributed by atoms with Crippen molar-refractivity contribution >= 4 is 15.9 Å². The number of likely N-dealkylation sites (N-methyl/N-ethyl adjacent to an activating group) is 1. The van der Waals surface area contributed by atoms with Crippen LogP contribution in [0.5, 0.6) is 0 Å². The molecule has 1 aromatic heterocycles. The van der Waals surface area contributed by atoms with E-state index in [4.69, 9.17) is 4.74 Å². The van der Waals surface area contributed by atoms with Gasteiger partial charge < -0.3 is 10.1 Å². The Morgan fingerprint density at radius 3 is 2.85 bits per heavy atom. The van der Waals surface area contributed by atoms with Crippen LogP contribution in [0.3, 0.4) is 0 Å². The second kappa shape index (κ2) is 6.54. The van der Waals surface area contributed by atoms with Gasteiger partial charge in [-0.15, -0.1) is 5.10 Å². The van der Waals surface area contributed by atoms with Gasteiger partial charge in [0.25, 0.3) is 0 Å². The van der Waals surface area contributed by atoms with Gasteiger partial charge in [-0.3, -0.25) is 0 Å². The maximum atomic E-state index is 6.28. The van der Waals surface area contributed by atoms with Crippen LogP contribution in [-0.4, -0.2) is 34.2 Å². The molecule has 6 heteroatoms. The molecule has 1 aliphatic carbocycles. The molecular formula is C14H25BrN4O. The molecule has 0 saturated heterocycles. The van der Waals surface area contributed by atoms with Crippen molar-refractivity contribution in [3.63, 3.8) is 0 Å². The van der Waals surface area contributed by atoms with Crippen LogP contribution in [0.2, 0.25) is 0 Å². The van der Waals surface area contributed by atoms with Crippen LogP contribution < -0.4 is 5.32 Å². The Morgan fingerprint density at radius 1 is 1.60 bits per heavy atom. The first-order valence-corrected chi connectivity index (χ1v) is 8.19. The van der Waals surface area contributed by atoms with E-state index in [1.165, 1.54) is 12.8 Å². The summed E-state index contributed by atoms with van der Waals surface area (Å²) >= 11 is 3.53. The lowest BCUT2D eigenvalue weighted by atomic mass is 9.73. The first-order valence-electron chi connectivity index (χ1n) is 7.40. The second-order valence-electron chi connectivity index (χ2n) is 5.81. The summed E-state index contributed by atoms with van der Waals surface area (Å²) in [4.78, 5) is 0. The molecule has 5 nitrogen and oxygen atoms in total. The number of ether oxygens (including phenoxy) is 1. The zero-order valence-corrected chi connectivity index (χ0v) is 14.4. The van der Waals surface area contributed by atoms with Gasteiger partial charge in [-0.05, 0) is 48.7 Å². The smallest absolute Gasteiger partial charge is 0.153 e. The fourth-order valence-corrected chi connectivity index (χ4v) is 4.16. The molecule has 0 aromatic carbocycles. The number of nitrogens with one attached hydrogen (secondary N) is 1. The molecule has 1 N–H and O–H groups in total. The highest BCUT2D eigenvalue weighted by Crippen LogP contribution is 2.44. The van der Waals surface area contributed by atoms with E-state index in [-0.39, 0.29) is 11.6 Å². The summed E-state index contributed by atoms with van der Waals surface area (Å²) in [7, 11) is 3.92. The molecule has 0 radical (unpaired) electrons. The molecule has 20 heavy (non-hydrogen) atoms. The van der Waals surface area contributed by atoms with Gasteiger partial charge in [0.2, 0.25) is 0 Å². The monoisotopic (exact) mass is 344 g/mol.